The van der Waals surface area contributed by atoms with Gasteiger partial charge in [-0.2, -0.15) is 0 Å². The molecule has 1 heterocycles. The fraction of sp³-hybridized carbons (Fsp3) is 0.350. The van der Waals surface area contributed by atoms with E-state index in [9.17, 15) is 14.4 Å². The topological polar surface area (TPSA) is 87.7 Å². The van der Waals surface area contributed by atoms with Crippen molar-refractivity contribution >= 4 is 40.5 Å². The first-order chi connectivity index (χ1) is 13.2. The molecular weight excluding hydrogens is 378 g/mol. The molecule has 0 atom stereocenters. The van der Waals surface area contributed by atoms with Crippen LogP contribution < -0.4 is 10.6 Å². The molecule has 0 fully saturated rings. The third kappa shape index (κ3) is 5.64. The number of thiophene rings is 1. The summed E-state index contributed by atoms with van der Waals surface area (Å²) in [5.41, 5.74) is 4.35. The largest absolute Gasteiger partial charge is 0.465 e. The van der Waals surface area contributed by atoms with Crippen molar-refractivity contribution in [2.75, 3.05) is 37.9 Å². The van der Waals surface area contributed by atoms with Gasteiger partial charge in [-0.05, 0) is 50.4 Å². The standard InChI is InChI=1S/C20H25N3O4S/c1-12-8-13(2)18(14(3)9-12)22-17(25)11-23(4)10-16(24)21-15-6-7-28-19(15)20(26)27-5/h6-9H,10-11H2,1-5H3,(H,21,24)(H,22,25). The highest BCUT2D eigenvalue weighted by Gasteiger charge is 2.17. The zero-order chi connectivity index (χ0) is 20.8. The Bertz CT molecular complexity index is 868. The summed E-state index contributed by atoms with van der Waals surface area (Å²) in [6, 6.07) is 5.67. The van der Waals surface area contributed by atoms with Gasteiger partial charge in [0.2, 0.25) is 11.8 Å². The minimum absolute atomic E-state index is 0.00966. The number of ether oxygens (including phenoxy) is 1. The number of anilines is 2. The zero-order valence-electron chi connectivity index (χ0n) is 16.7. The molecule has 0 radical (unpaired) electrons. The van der Waals surface area contributed by atoms with Gasteiger partial charge >= 0.3 is 5.97 Å². The van der Waals surface area contributed by atoms with Gasteiger partial charge in [0.05, 0.1) is 25.9 Å². The van der Waals surface area contributed by atoms with Crippen molar-refractivity contribution in [3.05, 3.63) is 45.1 Å². The number of carbonyl (C=O) groups excluding carboxylic acids is 3. The van der Waals surface area contributed by atoms with Crippen molar-refractivity contribution in [3.63, 3.8) is 0 Å². The minimum atomic E-state index is -0.498. The number of aryl methyl sites for hydroxylation is 3. The lowest BCUT2D eigenvalue weighted by Gasteiger charge is -2.18. The monoisotopic (exact) mass is 403 g/mol. The van der Waals surface area contributed by atoms with E-state index in [0.29, 0.717) is 10.6 Å². The maximum absolute atomic E-state index is 12.3. The second-order valence-electron chi connectivity index (χ2n) is 6.70. The summed E-state index contributed by atoms with van der Waals surface area (Å²) in [7, 11) is 2.97. The fourth-order valence-electron chi connectivity index (χ4n) is 2.95. The summed E-state index contributed by atoms with van der Waals surface area (Å²) in [6.07, 6.45) is 0. The average molecular weight is 404 g/mol. The van der Waals surface area contributed by atoms with Crippen molar-refractivity contribution in [2.24, 2.45) is 0 Å². The van der Waals surface area contributed by atoms with E-state index in [2.05, 4.69) is 10.6 Å². The molecule has 0 aliphatic heterocycles. The van der Waals surface area contributed by atoms with Gasteiger partial charge in [0.1, 0.15) is 4.88 Å². The summed E-state index contributed by atoms with van der Waals surface area (Å²) in [4.78, 5) is 38.2. The molecular formula is C20H25N3O4S. The summed E-state index contributed by atoms with van der Waals surface area (Å²) in [5.74, 6) is -1.01. The van der Waals surface area contributed by atoms with E-state index in [4.69, 9.17) is 4.74 Å². The van der Waals surface area contributed by atoms with Crippen molar-refractivity contribution in [3.8, 4) is 0 Å². The van der Waals surface area contributed by atoms with Crippen molar-refractivity contribution in [2.45, 2.75) is 20.8 Å². The van der Waals surface area contributed by atoms with Crippen LogP contribution in [0.15, 0.2) is 23.6 Å². The van der Waals surface area contributed by atoms with Crippen LogP contribution >= 0.6 is 11.3 Å². The van der Waals surface area contributed by atoms with Crippen LogP contribution in [0.2, 0.25) is 0 Å². The quantitative estimate of drug-likeness (QED) is 0.694. The van der Waals surface area contributed by atoms with Crippen LogP contribution in [0.4, 0.5) is 11.4 Å². The first-order valence-corrected chi connectivity index (χ1v) is 9.61. The molecule has 2 aromatic rings. The number of benzene rings is 1. The lowest BCUT2D eigenvalue weighted by atomic mass is 10.1. The highest BCUT2D eigenvalue weighted by Crippen LogP contribution is 2.23. The number of nitrogens with one attached hydrogen (secondary N) is 2. The van der Waals surface area contributed by atoms with Crippen LogP contribution in [-0.2, 0) is 14.3 Å². The SMILES string of the molecule is COC(=O)c1sccc1NC(=O)CN(C)CC(=O)Nc1c(C)cc(C)cc1C. The molecule has 7 nitrogen and oxygen atoms in total. The number of hydrogen-bond acceptors (Lipinski definition) is 6. The highest BCUT2D eigenvalue weighted by molar-refractivity contribution is 7.12. The van der Waals surface area contributed by atoms with E-state index >= 15 is 0 Å². The predicted molar refractivity (Wildman–Crippen MR) is 111 cm³/mol. The molecule has 8 heteroatoms. The summed E-state index contributed by atoms with van der Waals surface area (Å²) in [6.45, 7) is 5.99. The lowest BCUT2D eigenvalue weighted by Crippen LogP contribution is -2.36. The number of rotatable bonds is 7. The van der Waals surface area contributed by atoms with Gasteiger partial charge < -0.3 is 15.4 Å². The number of esters is 1. The average Bonchev–Trinajstić information content (AvgIpc) is 3.05. The van der Waals surface area contributed by atoms with Gasteiger partial charge in [-0.15, -0.1) is 11.3 Å². The van der Waals surface area contributed by atoms with E-state index in [1.54, 1.807) is 23.4 Å². The van der Waals surface area contributed by atoms with Crippen LogP contribution in [0, 0.1) is 20.8 Å². The van der Waals surface area contributed by atoms with Crippen LogP contribution in [0.5, 0.6) is 0 Å². The molecule has 0 saturated carbocycles. The molecule has 0 aliphatic carbocycles. The van der Waals surface area contributed by atoms with E-state index in [-0.39, 0.29) is 24.9 Å². The molecule has 0 saturated heterocycles. The Hall–Kier alpha value is -2.71. The van der Waals surface area contributed by atoms with E-state index in [1.807, 2.05) is 32.9 Å². The van der Waals surface area contributed by atoms with Crippen molar-refractivity contribution < 1.29 is 19.1 Å². The van der Waals surface area contributed by atoms with Gasteiger partial charge in [-0.3, -0.25) is 14.5 Å². The highest BCUT2D eigenvalue weighted by atomic mass is 32.1. The van der Waals surface area contributed by atoms with Crippen molar-refractivity contribution in [1.29, 1.82) is 0 Å². The molecule has 28 heavy (non-hydrogen) atoms. The first kappa shape index (κ1) is 21.6. The van der Waals surface area contributed by atoms with Gasteiger partial charge in [0.25, 0.3) is 0 Å². The Morgan fingerprint density at radius 3 is 2.18 bits per heavy atom. The van der Waals surface area contributed by atoms with Gasteiger partial charge in [0, 0.05) is 5.69 Å². The van der Waals surface area contributed by atoms with Crippen LogP contribution in [0.3, 0.4) is 0 Å². The van der Waals surface area contributed by atoms with Crippen LogP contribution in [-0.4, -0.2) is 49.9 Å². The second kappa shape index (κ2) is 9.48. The maximum Gasteiger partial charge on any atom is 0.350 e. The molecule has 1 aromatic heterocycles. The Balaban J connectivity index is 1.91. The molecule has 2 N–H and O–H groups in total. The number of amides is 2. The molecule has 0 spiro atoms. The molecule has 2 amide bonds. The van der Waals surface area contributed by atoms with Crippen LogP contribution in [0.1, 0.15) is 26.4 Å². The number of likely N-dealkylation sites (N-methyl/N-ethyl adjacent to an activating group) is 1. The molecule has 150 valence electrons. The van der Waals surface area contributed by atoms with E-state index < -0.39 is 5.97 Å². The van der Waals surface area contributed by atoms with Gasteiger partial charge in [-0.25, -0.2) is 4.79 Å². The molecule has 2 rings (SSSR count). The molecule has 0 aliphatic rings. The van der Waals surface area contributed by atoms with Crippen LogP contribution in [0.25, 0.3) is 0 Å². The smallest absolute Gasteiger partial charge is 0.350 e. The Labute approximate surface area is 168 Å². The summed E-state index contributed by atoms with van der Waals surface area (Å²) >= 11 is 1.19. The summed E-state index contributed by atoms with van der Waals surface area (Å²) in [5, 5.41) is 7.30. The first-order valence-electron chi connectivity index (χ1n) is 8.73. The number of nitrogens with zero attached hydrogens (tertiary/aromatic N) is 1. The number of carbonyl (C=O) groups is 3. The van der Waals surface area contributed by atoms with E-state index in [1.165, 1.54) is 18.4 Å². The molecule has 1 aromatic carbocycles. The summed E-state index contributed by atoms with van der Waals surface area (Å²) < 4.78 is 4.69. The maximum atomic E-state index is 12.3. The normalized spacial score (nSPS) is 10.6. The number of methoxy groups -OCH3 is 1. The fourth-order valence-corrected chi connectivity index (χ4v) is 3.72. The lowest BCUT2D eigenvalue weighted by molar-refractivity contribution is -0.119. The van der Waals surface area contributed by atoms with E-state index in [0.717, 1.165) is 22.4 Å². The molecule has 0 bridgehead atoms. The minimum Gasteiger partial charge on any atom is -0.465 e. The Morgan fingerprint density at radius 2 is 1.61 bits per heavy atom. The van der Waals surface area contributed by atoms with Crippen molar-refractivity contribution in [1.82, 2.24) is 4.90 Å². The third-order valence-corrected chi connectivity index (χ3v) is 4.97. The van der Waals surface area contributed by atoms with Gasteiger partial charge in [0.15, 0.2) is 0 Å². The van der Waals surface area contributed by atoms with Gasteiger partial charge in [-0.1, -0.05) is 17.7 Å². The predicted octanol–water partition coefficient (Wildman–Crippen LogP) is 2.97. The zero-order valence-corrected chi connectivity index (χ0v) is 17.5. The third-order valence-electron chi connectivity index (χ3n) is 4.08. The Kier molecular flexibility index (Phi) is 7.31. The Morgan fingerprint density at radius 1 is 1.04 bits per heavy atom. The number of hydrogen-bond donors (Lipinski definition) is 2. The molecule has 0 unspecified atom stereocenters. The second-order valence-corrected chi connectivity index (χ2v) is 7.61.